The van der Waals surface area contributed by atoms with Crippen LogP contribution in [0, 0.1) is 0 Å². The predicted molar refractivity (Wildman–Crippen MR) is 95.9 cm³/mol. The van der Waals surface area contributed by atoms with Gasteiger partial charge in [0.05, 0.1) is 6.42 Å². The van der Waals surface area contributed by atoms with Crippen molar-refractivity contribution in [3.05, 3.63) is 59.6 Å². The topological polar surface area (TPSA) is 98.5 Å². The summed E-state index contributed by atoms with van der Waals surface area (Å²) < 4.78 is 36.7. The monoisotopic (exact) mass is 392 g/mol. The molecule has 0 unspecified atom stereocenters. The van der Waals surface area contributed by atoms with E-state index >= 15 is 0 Å². The molecule has 2 aromatic heterocycles. The maximum atomic E-state index is 11.9. The summed E-state index contributed by atoms with van der Waals surface area (Å²) in [6.45, 7) is -0.0695. The number of rotatable bonds is 8. The third-order valence-electron chi connectivity index (χ3n) is 3.38. The summed E-state index contributed by atoms with van der Waals surface area (Å²) >= 11 is 1.11. The zero-order valence-electron chi connectivity index (χ0n) is 13.6. The second-order valence-electron chi connectivity index (χ2n) is 5.29. The van der Waals surface area contributed by atoms with Crippen LogP contribution in [-0.2, 0) is 26.2 Å². The molecule has 0 fully saturated rings. The Balaban J connectivity index is 1.44. The van der Waals surface area contributed by atoms with Crippen LogP contribution < -0.4 is 4.72 Å². The van der Waals surface area contributed by atoms with E-state index in [1.165, 1.54) is 6.07 Å². The first-order chi connectivity index (χ1) is 12.5. The fourth-order valence-electron chi connectivity index (χ4n) is 2.12. The van der Waals surface area contributed by atoms with Gasteiger partial charge in [0, 0.05) is 18.2 Å². The van der Waals surface area contributed by atoms with Crippen molar-refractivity contribution in [1.29, 1.82) is 0 Å². The zero-order chi connectivity index (χ0) is 18.4. The molecule has 1 aromatic carbocycles. The van der Waals surface area contributed by atoms with Crippen molar-refractivity contribution in [1.82, 2.24) is 9.88 Å². The van der Waals surface area contributed by atoms with E-state index < -0.39 is 16.0 Å². The number of hydrogen-bond acceptors (Lipinski definition) is 7. The first kappa shape index (κ1) is 18.3. The molecule has 9 heteroatoms. The summed E-state index contributed by atoms with van der Waals surface area (Å²) in [7, 11) is -3.57. The molecule has 2 heterocycles. The zero-order valence-corrected chi connectivity index (χ0v) is 15.3. The van der Waals surface area contributed by atoms with Gasteiger partial charge in [0.2, 0.25) is 10.0 Å². The third-order valence-corrected chi connectivity index (χ3v) is 6.24. The van der Waals surface area contributed by atoms with Gasteiger partial charge in [0.25, 0.3) is 0 Å². The van der Waals surface area contributed by atoms with Crippen LogP contribution in [0.2, 0.25) is 0 Å². The molecule has 0 aliphatic rings. The first-order valence-electron chi connectivity index (χ1n) is 7.74. The number of ether oxygens (including phenoxy) is 1. The number of thiophene rings is 1. The molecular weight excluding hydrogens is 376 g/mol. The summed E-state index contributed by atoms with van der Waals surface area (Å²) in [6.07, 6.45) is -0.0754. The highest BCUT2D eigenvalue weighted by Gasteiger charge is 2.15. The van der Waals surface area contributed by atoms with Crippen LogP contribution in [0.1, 0.15) is 12.1 Å². The minimum Gasteiger partial charge on any atom is -0.459 e. The van der Waals surface area contributed by atoms with Gasteiger partial charge in [-0.2, -0.15) is 0 Å². The molecular formula is C17H16N2O5S2. The van der Waals surface area contributed by atoms with Crippen LogP contribution in [0.4, 0.5) is 0 Å². The van der Waals surface area contributed by atoms with Crippen molar-refractivity contribution in [2.45, 2.75) is 17.2 Å². The highest BCUT2D eigenvalue weighted by atomic mass is 32.2. The minimum atomic E-state index is -3.57. The van der Waals surface area contributed by atoms with E-state index in [1.807, 2.05) is 30.3 Å². The summed E-state index contributed by atoms with van der Waals surface area (Å²) in [4.78, 5) is 11.8. The molecule has 7 nitrogen and oxygen atoms in total. The fraction of sp³-hybridized carbons (Fsp3) is 0.176. The van der Waals surface area contributed by atoms with Crippen molar-refractivity contribution < 1.29 is 22.5 Å². The Morgan fingerprint density at radius 3 is 2.73 bits per heavy atom. The SMILES string of the molecule is O=C(CCNS(=O)(=O)c1cccs1)OCc1cc(-c2ccccc2)on1. The molecule has 0 aliphatic carbocycles. The van der Waals surface area contributed by atoms with Crippen molar-refractivity contribution in [3.8, 4) is 11.3 Å². The average Bonchev–Trinajstić information content (AvgIpc) is 3.33. The van der Waals surface area contributed by atoms with E-state index in [4.69, 9.17) is 9.26 Å². The van der Waals surface area contributed by atoms with Crippen LogP contribution in [-0.4, -0.2) is 26.1 Å². The second kappa shape index (κ2) is 8.26. The van der Waals surface area contributed by atoms with Gasteiger partial charge in [-0.25, -0.2) is 13.1 Å². The molecule has 3 rings (SSSR count). The van der Waals surface area contributed by atoms with Crippen LogP contribution in [0.15, 0.2) is 62.6 Å². The molecule has 0 bridgehead atoms. The number of esters is 1. The van der Waals surface area contributed by atoms with Gasteiger partial charge in [-0.3, -0.25) is 4.79 Å². The van der Waals surface area contributed by atoms with Gasteiger partial charge in [-0.05, 0) is 11.4 Å². The highest BCUT2D eigenvalue weighted by molar-refractivity contribution is 7.91. The lowest BCUT2D eigenvalue weighted by Crippen LogP contribution is -2.26. The maximum Gasteiger partial charge on any atom is 0.307 e. The largest absolute Gasteiger partial charge is 0.459 e. The van der Waals surface area contributed by atoms with Crippen LogP contribution in [0.3, 0.4) is 0 Å². The number of nitrogens with zero attached hydrogens (tertiary/aromatic N) is 1. The molecule has 0 saturated carbocycles. The first-order valence-corrected chi connectivity index (χ1v) is 10.1. The van der Waals surface area contributed by atoms with Gasteiger partial charge in [-0.15, -0.1) is 11.3 Å². The summed E-state index contributed by atoms with van der Waals surface area (Å²) in [5.74, 6) is 0.0588. The normalized spacial score (nSPS) is 11.4. The van der Waals surface area contributed by atoms with Gasteiger partial charge in [0.1, 0.15) is 16.5 Å². The predicted octanol–water partition coefficient (Wildman–Crippen LogP) is 2.81. The molecule has 0 radical (unpaired) electrons. The Kier molecular flexibility index (Phi) is 5.82. The number of nitrogens with one attached hydrogen (secondary N) is 1. The van der Waals surface area contributed by atoms with E-state index in [1.54, 1.807) is 17.5 Å². The highest BCUT2D eigenvalue weighted by Crippen LogP contribution is 2.20. The number of benzene rings is 1. The quantitative estimate of drug-likeness (QED) is 0.592. The van der Waals surface area contributed by atoms with E-state index in [-0.39, 0.29) is 23.8 Å². The van der Waals surface area contributed by atoms with Crippen molar-refractivity contribution >= 4 is 27.3 Å². The van der Waals surface area contributed by atoms with Gasteiger partial charge in [0.15, 0.2) is 5.76 Å². The molecule has 136 valence electrons. The number of carbonyl (C=O) groups is 1. The number of sulfonamides is 1. The summed E-state index contributed by atoms with van der Waals surface area (Å²) in [5.41, 5.74) is 1.36. The lowest BCUT2D eigenvalue weighted by molar-refractivity contribution is -0.144. The standard InChI is InChI=1S/C17H16N2O5S2/c20-16(8-9-18-26(21,22)17-7-4-10-25-17)23-12-14-11-15(24-19-14)13-5-2-1-3-6-13/h1-7,10-11,18H,8-9,12H2. The van der Waals surface area contributed by atoms with Gasteiger partial charge < -0.3 is 9.26 Å². The summed E-state index contributed by atoms with van der Waals surface area (Å²) in [6, 6.07) is 14.3. The van der Waals surface area contributed by atoms with Crippen molar-refractivity contribution in [2.75, 3.05) is 6.54 Å². The molecule has 26 heavy (non-hydrogen) atoms. The number of aromatic nitrogens is 1. The van der Waals surface area contributed by atoms with Crippen LogP contribution in [0.5, 0.6) is 0 Å². The Bertz CT molecular complexity index is 950. The Hall–Kier alpha value is -2.49. The lowest BCUT2D eigenvalue weighted by atomic mass is 10.2. The molecule has 0 spiro atoms. The van der Waals surface area contributed by atoms with Crippen LogP contribution >= 0.6 is 11.3 Å². The second-order valence-corrected chi connectivity index (χ2v) is 8.23. The van der Waals surface area contributed by atoms with Crippen molar-refractivity contribution in [2.24, 2.45) is 0 Å². The van der Waals surface area contributed by atoms with E-state index in [0.717, 1.165) is 16.9 Å². The molecule has 0 aliphatic heterocycles. The minimum absolute atomic E-state index is 0.0346. The Morgan fingerprint density at radius 2 is 2.00 bits per heavy atom. The maximum absolute atomic E-state index is 11.9. The fourth-order valence-corrected chi connectivity index (χ4v) is 4.19. The Labute approximate surface area is 154 Å². The molecule has 3 aromatic rings. The number of hydrogen-bond donors (Lipinski definition) is 1. The van der Waals surface area contributed by atoms with E-state index in [0.29, 0.717) is 11.5 Å². The lowest BCUT2D eigenvalue weighted by Gasteiger charge is -2.05. The average molecular weight is 392 g/mol. The molecule has 0 amide bonds. The van der Waals surface area contributed by atoms with E-state index in [9.17, 15) is 13.2 Å². The Morgan fingerprint density at radius 1 is 1.19 bits per heavy atom. The van der Waals surface area contributed by atoms with E-state index in [2.05, 4.69) is 9.88 Å². The smallest absolute Gasteiger partial charge is 0.307 e. The summed E-state index contributed by atoms with van der Waals surface area (Å²) in [5, 5.41) is 5.53. The van der Waals surface area contributed by atoms with Crippen LogP contribution in [0.25, 0.3) is 11.3 Å². The molecule has 1 N–H and O–H groups in total. The molecule has 0 atom stereocenters. The third kappa shape index (κ3) is 4.78. The molecule has 0 saturated heterocycles. The van der Waals surface area contributed by atoms with Gasteiger partial charge in [-0.1, -0.05) is 41.6 Å². The van der Waals surface area contributed by atoms with Crippen molar-refractivity contribution in [3.63, 3.8) is 0 Å². The number of carbonyl (C=O) groups excluding carboxylic acids is 1. The van der Waals surface area contributed by atoms with Gasteiger partial charge >= 0.3 is 5.97 Å².